The first-order chi connectivity index (χ1) is 11.2. The van der Waals surface area contributed by atoms with Gasteiger partial charge in [-0.1, -0.05) is 24.4 Å². The number of nitrogens with zero attached hydrogens (tertiary/aromatic N) is 1. The number of halogens is 1. The number of ether oxygens (including phenoxy) is 1. The lowest BCUT2D eigenvalue weighted by atomic mass is 9.93. The molecule has 0 aromatic heterocycles. The van der Waals surface area contributed by atoms with Gasteiger partial charge < -0.3 is 9.64 Å². The number of carbonyl (C=O) groups excluding carboxylic acids is 1. The predicted molar refractivity (Wildman–Crippen MR) is 95.4 cm³/mol. The van der Waals surface area contributed by atoms with Crippen LogP contribution in [0.25, 0.3) is 0 Å². The predicted octanol–water partition coefficient (Wildman–Crippen LogP) is 2.71. The molecule has 1 aromatic rings. The highest BCUT2D eigenvalue weighted by Gasteiger charge is 2.36. The molecule has 1 aliphatic carbocycles. The van der Waals surface area contributed by atoms with Crippen LogP contribution in [0.5, 0.6) is 5.75 Å². The maximum Gasteiger partial charge on any atom is 0.227 e. The Morgan fingerprint density at radius 2 is 2.00 bits per heavy atom. The molecule has 2 atom stereocenters. The average Bonchev–Trinajstić information content (AvgIpc) is 2.53. The van der Waals surface area contributed by atoms with Crippen molar-refractivity contribution in [3.63, 3.8) is 0 Å². The molecule has 1 amide bonds. The summed E-state index contributed by atoms with van der Waals surface area (Å²) in [5, 5.41) is 0.0504. The molecule has 0 saturated heterocycles. The van der Waals surface area contributed by atoms with E-state index in [1.165, 1.54) is 6.26 Å². The first kappa shape index (κ1) is 19.1. The van der Waals surface area contributed by atoms with Crippen LogP contribution in [0.15, 0.2) is 18.2 Å². The van der Waals surface area contributed by atoms with E-state index >= 15 is 0 Å². The van der Waals surface area contributed by atoms with Crippen LogP contribution in [-0.2, 0) is 21.1 Å². The lowest BCUT2D eigenvalue weighted by molar-refractivity contribution is -0.131. The largest absolute Gasteiger partial charge is 0.496 e. The van der Waals surface area contributed by atoms with Crippen LogP contribution in [0.4, 0.5) is 0 Å². The lowest BCUT2D eigenvalue weighted by Gasteiger charge is -2.37. The zero-order chi connectivity index (χ0) is 17.9. The van der Waals surface area contributed by atoms with Gasteiger partial charge in [-0.25, -0.2) is 8.42 Å². The second kappa shape index (κ2) is 7.74. The van der Waals surface area contributed by atoms with Crippen molar-refractivity contribution in [3.8, 4) is 5.75 Å². The topological polar surface area (TPSA) is 63.7 Å². The van der Waals surface area contributed by atoms with Gasteiger partial charge in [0.05, 0.1) is 18.8 Å². The van der Waals surface area contributed by atoms with Crippen molar-refractivity contribution in [2.24, 2.45) is 0 Å². The molecule has 1 aromatic carbocycles. The molecule has 7 heteroatoms. The van der Waals surface area contributed by atoms with Gasteiger partial charge in [-0.05, 0) is 31.0 Å². The Kier molecular flexibility index (Phi) is 6.15. The molecule has 2 rings (SSSR count). The Balaban J connectivity index is 2.18. The quantitative estimate of drug-likeness (QED) is 0.796. The van der Waals surface area contributed by atoms with Crippen molar-refractivity contribution in [2.75, 3.05) is 20.4 Å². The van der Waals surface area contributed by atoms with Gasteiger partial charge in [0.2, 0.25) is 5.91 Å². The lowest BCUT2D eigenvalue weighted by Crippen LogP contribution is -2.49. The van der Waals surface area contributed by atoms with Gasteiger partial charge in [0.1, 0.15) is 5.75 Å². The molecule has 0 bridgehead atoms. The Labute approximate surface area is 148 Å². The molecule has 24 heavy (non-hydrogen) atoms. The Bertz CT molecular complexity index is 705. The normalized spacial score (nSPS) is 21.3. The molecule has 5 nitrogen and oxygen atoms in total. The molecular weight excluding hydrogens is 350 g/mol. The Hall–Kier alpha value is -1.27. The van der Waals surface area contributed by atoms with Crippen molar-refractivity contribution < 1.29 is 17.9 Å². The molecule has 134 valence electrons. The third-order valence-corrected chi connectivity index (χ3v) is 6.58. The van der Waals surface area contributed by atoms with Crippen LogP contribution < -0.4 is 4.74 Å². The van der Waals surface area contributed by atoms with Gasteiger partial charge in [0.15, 0.2) is 9.84 Å². The highest BCUT2D eigenvalue weighted by Crippen LogP contribution is 2.29. The minimum absolute atomic E-state index is 0.129. The maximum atomic E-state index is 12.7. The highest BCUT2D eigenvalue weighted by atomic mass is 35.5. The molecule has 0 heterocycles. The van der Waals surface area contributed by atoms with Crippen LogP contribution in [0.1, 0.15) is 31.2 Å². The minimum Gasteiger partial charge on any atom is -0.496 e. The summed E-state index contributed by atoms with van der Waals surface area (Å²) in [5.74, 6) is 0.473. The number of rotatable bonds is 5. The fourth-order valence-electron chi connectivity index (χ4n) is 3.38. The second-order valence-electron chi connectivity index (χ2n) is 6.36. The van der Waals surface area contributed by atoms with Crippen LogP contribution in [0.2, 0.25) is 5.02 Å². The van der Waals surface area contributed by atoms with Crippen molar-refractivity contribution in [1.82, 2.24) is 4.90 Å². The van der Waals surface area contributed by atoms with E-state index in [0.717, 1.165) is 12.8 Å². The van der Waals surface area contributed by atoms with Gasteiger partial charge in [0, 0.05) is 29.9 Å². The van der Waals surface area contributed by atoms with E-state index in [9.17, 15) is 13.2 Å². The highest BCUT2D eigenvalue weighted by molar-refractivity contribution is 7.91. The summed E-state index contributed by atoms with van der Waals surface area (Å²) in [7, 11) is 0.0457. The van der Waals surface area contributed by atoms with Gasteiger partial charge in [-0.15, -0.1) is 0 Å². The van der Waals surface area contributed by atoms with Crippen LogP contribution in [0.3, 0.4) is 0 Å². The summed E-state index contributed by atoms with van der Waals surface area (Å²) in [4.78, 5) is 14.3. The number of hydrogen-bond acceptors (Lipinski definition) is 4. The SMILES string of the molecule is COc1ccc(Cl)cc1CC(=O)N(C)C1CCCCC1S(C)(=O)=O. The summed E-state index contributed by atoms with van der Waals surface area (Å²) in [5.41, 5.74) is 0.702. The summed E-state index contributed by atoms with van der Waals surface area (Å²) in [6, 6.07) is 4.87. The van der Waals surface area contributed by atoms with E-state index in [2.05, 4.69) is 0 Å². The molecule has 1 saturated carbocycles. The van der Waals surface area contributed by atoms with Gasteiger partial charge in [-0.2, -0.15) is 0 Å². The number of sulfone groups is 1. The van der Waals surface area contributed by atoms with E-state index in [-0.39, 0.29) is 18.4 Å². The molecule has 0 N–H and O–H groups in total. The second-order valence-corrected chi connectivity index (χ2v) is 9.06. The standard InChI is InChI=1S/C17H24ClNO4S/c1-19(14-6-4-5-7-16(14)24(3,21)22)17(20)11-12-10-13(18)8-9-15(12)23-2/h8-10,14,16H,4-7,11H2,1-3H3. The number of methoxy groups -OCH3 is 1. The minimum atomic E-state index is -3.19. The summed E-state index contributed by atoms with van der Waals surface area (Å²) in [6.07, 6.45) is 4.54. The van der Waals surface area contributed by atoms with Crippen molar-refractivity contribution in [2.45, 2.75) is 43.4 Å². The number of benzene rings is 1. The zero-order valence-corrected chi connectivity index (χ0v) is 15.9. The summed E-state index contributed by atoms with van der Waals surface area (Å²) in [6.45, 7) is 0. The van der Waals surface area contributed by atoms with E-state index in [0.29, 0.717) is 29.2 Å². The van der Waals surface area contributed by atoms with Crippen molar-refractivity contribution in [1.29, 1.82) is 0 Å². The fourth-order valence-corrected chi connectivity index (χ4v) is 5.06. The van der Waals surface area contributed by atoms with Crippen molar-refractivity contribution in [3.05, 3.63) is 28.8 Å². The van der Waals surface area contributed by atoms with E-state index < -0.39 is 15.1 Å². The van der Waals surface area contributed by atoms with Crippen molar-refractivity contribution >= 4 is 27.3 Å². The third-order valence-electron chi connectivity index (χ3n) is 4.69. The van der Waals surface area contributed by atoms with E-state index in [1.807, 2.05) is 0 Å². The number of likely N-dealkylation sites (N-methyl/N-ethyl adjacent to an activating group) is 1. The van der Waals surface area contributed by atoms with Gasteiger partial charge in [0.25, 0.3) is 0 Å². The molecule has 1 aliphatic rings. The first-order valence-corrected chi connectivity index (χ1v) is 10.3. The number of amides is 1. The van der Waals surface area contributed by atoms with Gasteiger partial charge in [-0.3, -0.25) is 4.79 Å². The average molecular weight is 374 g/mol. The van der Waals surface area contributed by atoms with E-state index in [1.54, 1.807) is 37.3 Å². The Morgan fingerprint density at radius 1 is 1.33 bits per heavy atom. The molecular formula is C17H24ClNO4S. The number of hydrogen-bond donors (Lipinski definition) is 0. The molecule has 0 radical (unpaired) electrons. The van der Waals surface area contributed by atoms with Gasteiger partial charge >= 0.3 is 0 Å². The van der Waals surface area contributed by atoms with Crippen LogP contribution in [0, 0.1) is 0 Å². The summed E-state index contributed by atoms with van der Waals surface area (Å²) < 4.78 is 29.4. The first-order valence-electron chi connectivity index (χ1n) is 8.01. The molecule has 0 aliphatic heterocycles. The molecule has 0 spiro atoms. The Morgan fingerprint density at radius 3 is 2.62 bits per heavy atom. The van der Waals surface area contributed by atoms with Crippen LogP contribution in [-0.4, -0.2) is 50.9 Å². The molecule has 2 unspecified atom stereocenters. The molecule has 1 fully saturated rings. The summed E-state index contributed by atoms with van der Waals surface area (Å²) >= 11 is 6.01. The third kappa shape index (κ3) is 4.42. The number of carbonyl (C=O) groups is 1. The van der Waals surface area contributed by atoms with Crippen LogP contribution >= 0.6 is 11.6 Å². The van der Waals surface area contributed by atoms with E-state index in [4.69, 9.17) is 16.3 Å². The fraction of sp³-hybridized carbons (Fsp3) is 0.588. The monoisotopic (exact) mass is 373 g/mol. The zero-order valence-electron chi connectivity index (χ0n) is 14.3. The smallest absolute Gasteiger partial charge is 0.227 e. The maximum absolute atomic E-state index is 12.7.